The molecule has 2 aromatic carbocycles. The van der Waals surface area contributed by atoms with E-state index in [2.05, 4.69) is 70.7 Å². The predicted molar refractivity (Wildman–Crippen MR) is 119 cm³/mol. The lowest BCUT2D eigenvalue weighted by molar-refractivity contribution is 0.316. The summed E-state index contributed by atoms with van der Waals surface area (Å²) in [6.07, 6.45) is 6.75. The molecule has 0 amide bonds. The number of oxime groups is 1. The van der Waals surface area contributed by atoms with Gasteiger partial charge in [0.05, 0.1) is 11.8 Å². The summed E-state index contributed by atoms with van der Waals surface area (Å²) in [4.78, 5) is 3.62. The highest BCUT2D eigenvalue weighted by Crippen LogP contribution is 2.58. The molecule has 3 N–H and O–H groups in total. The topological polar surface area (TPSA) is 63.0 Å². The highest BCUT2D eigenvalue weighted by Gasteiger charge is 2.59. The molecule has 0 bridgehead atoms. The van der Waals surface area contributed by atoms with E-state index in [4.69, 9.17) is 17.5 Å². The van der Waals surface area contributed by atoms with Gasteiger partial charge in [-0.3, -0.25) is 0 Å². The maximum atomic E-state index is 8.63. The zero-order valence-corrected chi connectivity index (χ0v) is 16.7. The van der Waals surface area contributed by atoms with Crippen LogP contribution in [0.15, 0.2) is 78.0 Å². The van der Waals surface area contributed by atoms with Gasteiger partial charge in [0.1, 0.15) is 5.84 Å². The Hall–Kier alpha value is -3.32. The minimum atomic E-state index is 0.275. The monoisotopic (exact) mass is 395 g/mol. The van der Waals surface area contributed by atoms with E-state index < -0.39 is 0 Å². The van der Waals surface area contributed by atoms with Gasteiger partial charge in [0.2, 0.25) is 6.04 Å². The van der Waals surface area contributed by atoms with Crippen LogP contribution >= 0.6 is 0 Å². The molecule has 6 rings (SSSR count). The summed E-state index contributed by atoms with van der Waals surface area (Å²) in [6.45, 7) is 6.98. The Kier molecular flexibility index (Phi) is 4.67. The van der Waals surface area contributed by atoms with Crippen LogP contribution in [0.4, 0.5) is 0 Å². The van der Waals surface area contributed by atoms with Crippen LogP contribution < -0.4 is 5.73 Å². The number of hydrogen-bond acceptors (Lipinski definition) is 2. The maximum absolute atomic E-state index is 8.63. The van der Waals surface area contributed by atoms with E-state index in [0.717, 1.165) is 12.8 Å². The van der Waals surface area contributed by atoms with Crippen molar-refractivity contribution in [2.75, 3.05) is 0 Å². The Labute approximate surface area is 177 Å². The number of allylic oxidation sites excluding steroid dienone is 3. The van der Waals surface area contributed by atoms with Gasteiger partial charge < -0.3 is 15.8 Å². The van der Waals surface area contributed by atoms with E-state index in [0.29, 0.717) is 35.5 Å². The molecular weight excluding hydrogens is 370 g/mol. The maximum Gasteiger partial charge on any atom is 0.234 e. The molecule has 4 heteroatoms. The molecule has 4 aliphatic carbocycles. The van der Waals surface area contributed by atoms with Crippen LogP contribution in [-0.4, -0.2) is 17.1 Å². The van der Waals surface area contributed by atoms with Crippen molar-refractivity contribution in [3.63, 3.8) is 0 Å². The number of hydrogen-bond donors (Lipinski definition) is 2. The zero-order chi connectivity index (χ0) is 20.7. The number of nitrogens with zero attached hydrogens (tertiary/aromatic N) is 2. The number of amidine groups is 1. The molecule has 6 atom stereocenters. The van der Waals surface area contributed by atoms with Crippen LogP contribution in [0, 0.1) is 36.2 Å². The van der Waals surface area contributed by atoms with E-state index in [-0.39, 0.29) is 5.92 Å². The van der Waals surface area contributed by atoms with E-state index in [1.165, 1.54) is 22.3 Å². The van der Waals surface area contributed by atoms with Gasteiger partial charge in [-0.05, 0) is 47.0 Å². The molecule has 30 heavy (non-hydrogen) atoms. The van der Waals surface area contributed by atoms with E-state index in [1.807, 2.05) is 12.1 Å². The highest BCUT2D eigenvalue weighted by molar-refractivity contribution is 5.88. The third kappa shape index (κ3) is 3.31. The van der Waals surface area contributed by atoms with Gasteiger partial charge in [0, 0.05) is 5.92 Å². The lowest BCUT2D eigenvalue weighted by Gasteiger charge is -2.05. The highest BCUT2D eigenvalue weighted by atomic mass is 16.4. The van der Waals surface area contributed by atoms with Gasteiger partial charge in [-0.2, -0.15) is 0 Å². The molecular formula is C26H25N3O. The molecule has 0 unspecified atom stereocenters. The largest absolute Gasteiger partial charge is 0.409 e. The molecule has 4 nitrogen and oxygen atoms in total. The second-order valence-corrected chi connectivity index (χ2v) is 8.68. The van der Waals surface area contributed by atoms with Gasteiger partial charge in [0.25, 0.3) is 0 Å². The van der Waals surface area contributed by atoms with Crippen LogP contribution in [0.1, 0.15) is 24.0 Å². The third-order valence-electron chi connectivity index (χ3n) is 7.01. The number of rotatable bonds is 3. The van der Waals surface area contributed by atoms with Crippen LogP contribution in [0.5, 0.6) is 0 Å². The average Bonchev–Trinajstić information content (AvgIpc) is 3.51. The second-order valence-electron chi connectivity index (χ2n) is 8.68. The predicted octanol–water partition coefficient (Wildman–Crippen LogP) is 5.09. The normalized spacial score (nSPS) is 32.6. The quantitative estimate of drug-likeness (QED) is 0.250. The van der Waals surface area contributed by atoms with Crippen molar-refractivity contribution in [1.29, 1.82) is 0 Å². The number of fused-ring (bicyclic) bond motifs is 2. The molecule has 150 valence electrons. The van der Waals surface area contributed by atoms with Crippen molar-refractivity contribution in [2.24, 2.45) is 40.5 Å². The first-order valence-electron chi connectivity index (χ1n) is 10.6. The summed E-state index contributed by atoms with van der Waals surface area (Å²) >= 11 is 0. The van der Waals surface area contributed by atoms with Gasteiger partial charge in [-0.1, -0.05) is 78.0 Å². The molecule has 0 saturated heterocycles. The summed E-state index contributed by atoms with van der Waals surface area (Å²) in [6, 6.07) is 21.2. The standard InChI is InChI=1S/C13H14N2O.C13H11N/c14-13(15-16)12-10-6-9(7-11(10)12)8-4-2-1-3-5-8;1-14-13-11-7-10(8-12(11)13)9-5-3-2-4-6-9/h1-6,10-12,16H,7H2,(H2,14,15);2-7,11-13H,8H2/t10-,11+,12+;11-,12+,13+/m00/s1. The summed E-state index contributed by atoms with van der Waals surface area (Å²) in [5, 5.41) is 11.7. The van der Waals surface area contributed by atoms with Crippen LogP contribution in [0.2, 0.25) is 0 Å². The Bertz CT molecular complexity index is 1060. The first kappa shape index (κ1) is 18.7. The number of benzene rings is 2. The Balaban J connectivity index is 0.000000130. The van der Waals surface area contributed by atoms with Crippen molar-refractivity contribution in [1.82, 2.24) is 0 Å². The van der Waals surface area contributed by atoms with Gasteiger partial charge >= 0.3 is 0 Å². The zero-order valence-electron chi connectivity index (χ0n) is 16.7. The first-order chi connectivity index (χ1) is 14.7. The van der Waals surface area contributed by atoms with Gasteiger partial charge in [-0.15, -0.1) is 0 Å². The number of nitrogens with two attached hydrogens (primary N) is 1. The fraction of sp³-hybridized carbons (Fsp3) is 0.308. The molecule has 0 aliphatic heterocycles. The van der Waals surface area contributed by atoms with E-state index >= 15 is 0 Å². The van der Waals surface area contributed by atoms with Crippen molar-refractivity contribution in [2.45, 2.75) is 18.9 Å². The minimum absolute atomic E-state index is 0.275. The Morgan fingerprint density at radius 1 is 0.867 bits per heavy atom. The van der Waals surface area contributed by atoms with Crippen LogP contribution in [0.3, 0.4) is 0 Å². The summed E-state index contributed by atoms with van der Waals surface area (Å²) in [5.41, 5.74) is 11.1. The molecule has 4 aliphatic rings. The molecule has 0 spiro atoms. The summed E-state index contributed by atoms with van der Waals surface area (Å²) in [5.74, 6) is 2.93. The molecule has 0 radical (unpaired) electrons. The molecule has 0 heterocycles. The fourth-order valence-corrected chi connectivity index (χ4v) is 5.26. The molecule has 0 aromatic heterocycles. The van der Waals surface area contributed by atoms with Crippen molar-refractivity contribution >= 4 is 17.0 Å². The minimum Gasteiger partial charge on any atom is -0.409 e. The lowest BCUT2D eigenvalue weighted by Crippen LogP contribution is -2.16. The van der Waals surface area contributed by atoms with Crippen LogP contribution in [-0.2, 0) is 0 Å². The lowest BCUT2D eigenvalue weighted by atomic mass is 10.0. The molecule has 2 saturated carbocycles. The molecule has 2 fully saturated rings. The fourth-order valence-electron chi connectivity index (χ4n) is 5.26. The summed E-state index contributed by atoms with van der Waals surface area (Å²) in [7, 11) is 0. The molecule has 2 aromatic rings. The Morgan fingerprint density at radius 2 is 1.40 bits per heavy atom. The van der Waals surface area contributed by atoms with Crippen LogP contribution in [0.25, 0.3) is 16.0 Å². The average molecular weight is 396 g/mol. The van der Waals surface area contributed by atoms with Crippen molar-refractivity contribution in [3.8, 4) is 0 Å². The van der Waals surface area contributed by atoms with Crippen molar-refractivity contribution < 1.29 is 5.21 Å². The van der Waals surface area contributed by atoms with Crippen molar-refractivity contribution in [3.05, 3.63) is 95.4 Å². The van der Waals surface area contributed by atoms with Gasteiger partial charge in [0.15, 0.2) is 0 Å². The van der Waals surface area contributed by atoms with E-state index in [1.54, 1.807) is 0 Å². The smallest absolute Gasteiger partial charge is 0.234 e. The first-order valence-corrected chi connectivity index (χ1v) is 10.6. The van der Waals surface area contributed by atoms with Gasteiger partial charge in [-0.25, -0.2) is 6.57 Å². The second kappa shape index (κ2) is 7.50. The Morgan fingerprint density at radius 3 is 1.80 bits per heavy atom. The van der Waals surface area contributed by atoms with E-state index in [9.17, 15) is 0 Å². The summed E-state index contributed by atoms with van der Waals surface area (Å²) < 4.78 is 0. The SMILES string of the molecule is N/C(=N\O)[C@@H]1[C@H]2C=C(c3ccccc3)C[C@H]21.[C-]#[N+][C@@H]1[C@H]2C=C(c3ccccc3)C[C@H]21. The third-order valence-corrected chi connectivity index (χ3v) is 7.01.